The normalized spacial score (nSPS) is 11.3. The van der Waals surface area contributed by atoms with E-state index in [0.29, 0.717) is 0 Å². The van der Waals surface area contributed by atoms with Crippen LogP contribution in [0.1, 0.15) is 12.5 Å². The Labute approximate surface area is 96.4 Å². The first-order chi connectivity index (χ1) is 7.97. The summed E-state index contributed by atoms with van der Waals surface area (Å²) in [4.78, 5) is 20.7. The standard InChI is InChI=1S/C10H9N3O4/c1-6(10(14)15)12-8-4-2-3-7(5-11)9(8)13(16)17/h2-4,6,12H,1H3,(H,14,15). The molecule has 1 aromatic carbocycles. The van der Waals surface area contributed by atoms with Crippen LogP contribution in [-0.2, 0) is 4.79 Å². The number of carbonyl (C=O) groups is 1. The highest BCUT2D eigenvalue weighted by atomic mass is 16.6. The average Bonchev–Trinajstić information content (AvgIpc) is 2.27. The smallest absolute Gasteiger partial charge is 0.325 e. The van der Waals surface area contributed by atoms with Gasteiger partial charge in [-0.05, 0) is 19.1 Å². The Hall–Kier alpha value is -2.62. The Bertz CT molecular complexity index is 507. The Morgan fingerprint density at radius 1 is 1.65 bits per heavy atom. The summed E-state index contributed by atoms with van der Waals surface area (Å²) in [6.07, 6.45) is 0. The molecule has 0 fully saturated rings. The molecule has 88 valence electrons. The minimum Gasteiger partial charge on any atom is -0.480 e. The van der Waals surface area contributed by atoms with Gasteiger partial charge in [0, 0.05) is 0 Å². The fraction of sp³-hybridized carbons (Fsp3) is 0.200. The molecule has 0 bridgehead atoms. The van der Waals surface area contributed by atoms with Crippen molar-refractivity contribution in [2.75, 3.05) is 5.32 Å². The molecule has 1 rings (SSSR count). The van der Waals surface area contributed by atoms with Gasteiger partial charge >= 0.3 is 11.7 Å². The molecule has 1 atom stereocenters. The number of benzene rings is 1. The maximum absolute atomic E-state index is 10.8. The number of hydrogen-bond acceptors (Lipinski definition) is 5. The van der Waals surface area contributed by atoms with Crippen molar-refractivity contribution in [3.63, 3.8) is 0 Å². The first-order valence-corrected chi connectivity index (χ1v) is 4.64. The molecule has 2 N–H and O–H groups in total. The highest BCUT2D eigenvalue weighted by Gasteiger charge is 2.22. The molecule has 0 saturated carbocycles. The summed E-state index contributed by atoms with van der Waals surface area (Å²) in [7, 11) is 0. The summed E-state index contributed by atoms with van der Waals surface area (Å²) in [5.41, 5.74) is -0.510. The number of aliphatic carboxylic acids is 1. The quantitative estimate of drug-likeness (QED) is 0.601. The van der Waals surface area contributed by atoms with Crippen LogP contribution in [0.4, 0.5) is 11.4 Å². The summed E-state index contributed by atoms with van der Waals surface area (Å²) in [6, 6.07) is 4.81. The van der Waals surface area contributed by atoms with Crippen LogP contribution >= 0.6 is 0 Å². The predicted octanol–water partition coefficient (Wildman–Crippen LogP) is 1.35. The molecule has 17 heavy (non-hydrogen) atoms. The number of carboxylic acid groups (broad SMARTS) is 1. The van der Waals surface area contributed by atoms with Gasteiger partial charge in [-0.3, -0.25) is 14.9 Å². The molecule has 0 aromatic heterocycles. The van der Waals surface area contributed by atoms with Crippen LogP contribution in [0.2, 0.25) is 0 Å². The second kappa shape index (κ2) is 4.94. The van der Waals surface area contributed by atoms with Crippen LogP contribution in [0, 0.1) is 21.4 Å². The van der Waals surface area contributed by atoms with Crippen molar-refractivity contribution in [2.24, 2.45) is 0 Å². The molecule has 0 heterocycles. The molecule has 0 saturated heterocycles. The van der Waals surface area contributed by atoms with Gasteiger partial charge in [0.1, 0.15) is 23.4 Å². The monoisotopic (exact) mass is 235 g/mol. The van der Waals surface area contributed by atoms with Gasteiger partial charge in [-0.1, -0.05) is 6.07 Å². The molecular formula is C10H9N3O4. The van der Waals surface area contributed by atoms with Gasteiger partial charge < -0.3 is 10.4 Å². The molecule has 0 aliphatic heterocycles. The number of anilines is 1. The summed E-state index contributed by atoms with van der Waals surface area (Å²) in [5.74, 6) is -1.14. The van der Waals surface area contributed by atoms with Crippen molar-refractivity contribution in [3.8, 4) is 6.07 Å². The lowest BCUT2D eigenvalue weighted by molar-refractivity contribution is -0.384. The maximum atomic E-state index is 10.8. The van der Waals surface area contributed by atoms with E-state index in [1.807, 2.05) is 0 Å². The molecular weight excluding hydrogens is 226 g/mol. The Morgan fingerprint density at radius 3 is 2.76 bits per heavy atom. The average molecular weight is 235 g/mol. The minimum absolute atomic E-state index is 0.0175. The van der Waals surface area contributed by atoms with Crippen LogP contribution < -0.4 is 5.32 Å². The molecule has 0 aliphatic carbocycles. The van der Waals surface area contributed by atoms with E-state index in [1.165, 1.54) is 25.1 Å². The lowest BCUT2D eigenvalue weighted by Gasteiger charge is -2.11. The first kappa shape index (κ1) is 12.4. The van der Waals surface area contributed by atoms with Crippen LogP contribution in [0.5, 0.6) is 0 Å². The zero-order chi connectivity index (χ0) is 13.0. The molecule has 0 spiro atoms. The number of carboxylic acids is 1. The number of nitrogens with one attached hydrogen (secondary N) is 1. The largest absolute Gasteiger partial charge is 0.480 e. The summed E-state index contributed by atoms with van der Waals surface area (Å²) < 4.78 is 0. The van der Waals surface area contributed by atoms with Crippen molar-refractivity contribution in [1.82, 2.24) is 0 Å². The Morgan fingerprint density at radius 2 is 2.29 bits per heavy atom. The number of nitro benzene ring substituents is 1. The SMILES string of the molecule is CC(Nc1cccc(C#N)c1[N+](=O)[O-])C(=O)O. The lowest BCUT2D eigenvalue weighted by atomic mass is 10.1. The molecule has 0 radical (unpaired) electrons. The topological polar surface area (TPSA) is 116 Å². The van der Waals surface area contributed by atoms with Gasteiger partial charge in [0.15, 0.2) is 0 Å². The van der Waals surface area contributed by atoms with E-state index in [9.17, 15) is 14.9 Å². The predicted molar refractivity (Wildman–Crippen MR) is 58.5 cm³/mol. The van der Waals surface area contributed by atoms with Gasteiger partial charge in [0.2, 0.25) is 0 Å². The highest BCUT2D eigenvalue weighted by Crippen LogP contribution is 2.28. The number of nitrogens with zero attached hydrogens (tertiary/aromatic N) is 2. The van der Waals surface area contributed by atoms with E-state index in [4.69, 9.17) is 10.4 Å². The van der Waals surface area contributed by atoms with Crippen LogP contribution in [0.3, 0.4) is 0 Å². The minimum atomic E-state index is -1.14. The second-order valence-electron chi connectivity index (χ2n) is 3.27. The van der Waals surface area contributed by atoms with Gasteiger partial charge in [0.05, 0.1) is 4.92 Å². The Balaban J connectivity index is 3.20. The third-order valence-corrected chi connectivity index (χ3v) is 2.08. The molecule has 0 aliphatic rings. The van der Waals surface area contributed by atoms with Crippen molar-refractivity contribution in [2.45, 2.75) is 13.0 Å². The molecule has 0 amide bonds. The molecule has 1 aromatic rings. The Kier molecular flexibility index (Phi) is 3.62. The summed E-state index contributed by atoms with van der Waals surface area (Å²) in [5, 5.41) is 30.7. The third kappa shape index (κ3) is 2.69. The van der Waals surface area contributed by atoms with Gasteiger partial charge in [-0.15, -0.1) is 0 Å². The second-order valence-corrected chi connectivity index (χ2v) is 3.27. The zero-order valence-electron chi connectivity index (χ0n) is 8.88. The van der Waals surface area contributed by atoms with Gasteiger partial charge in [-0.2, -0.15) is 5.26 Å². The van der Waals surface area contributed by atoms with Gasteiger partial charge in [-0.25, -0.2) is 0 Å². The van der Waals surface area contributed by atoms with E-state index < -0.39 is 22.6 Å². The van der Waals surface area contributed by atoms with Gasteiger partial charge in [0.25, 0.3) is 0 Å². The molecule has 7 nitrogen and oxygen atoms in total. The van der Waals surface area contributed by atoms with Crippen molar-refractivity contribution < 1.29 is 14.8 Å². The van der Waals surface area contributed by atoms with E-state index >= 15 is 0 Å². The molecule has 1 unspecified atom stereocenters. The van der Waals surface area contributed by atoms with Crippen molar-refractivity contribution in [1.29, 1.82) is 5.26 Å². The number of hydrogen-bond donors (Lipinski definition) is 2. The van der Waals surface area contributed by atoms with Crippen LogP contribution in [0.25, 0.3) is 0 Å². The maximum Gasteiger partial charge on any atom is 0.325 e. The fourth-order valence-corrected chi connectivity index (χ4v) is 1.24. The van der Waals surface area contributed by atoms with E-state index in [2.05, 4.69) is 5.32 Å². The highest BCUT2D eigenvalue weighted by molar-refractivity contribution is 5.79. The van der Waals surface area contributed by atoms with E-state index in [1.54, 1.807) is 6.07 Å². The zero-order valence-corrected chi connectivity index (χ0v) is 8.88. The summed E-state index contributed by atoms with van der Waals surface area (Å²) in [6.45, 7) is 1.35. The number of para-hydroxylation sites is 1. The lowest BCUT2D eigenvalue weighted by Crippen LogP contribution is -2.25. The van der Waals surface area contributed by atoms with E-state index in [-0.39, 0.29) is 11.3 Å². The van der Waals surface area contributed by atoms with Crippen molar-refractivity contribution in [3.05, 3.63) is 33.9 Å². The third-order valence-electron chi connectivity index (χ3n) is 2.08. The number of nitriles is 1. The fourth-order valence-electron chi connectivity index (χ4n) is 1.24. The van der Waals surface area contributed by atoms with Crippen LogP contribution in [-0.4, -0.2) is 22.0 Å². The molecule has 7 heteroatoms. The van der Waals surface area contributed by atoms with Crippen LogP contribution in [0.15, 0.2) is 18.2 Å². The first-order valence-electron chi connectivity index (χ1n) is 4.64. The van der Waals surface area contributed by atoms with E-state index in [0.717, 1.165) is 0 Å². The van der Waals surface area contributed by atoms with Crippen molar-refractivity contribution >= 4 is 17.3 Å². The summed E-state index contributed by atoms with van der Waals surface area (Å²) >= 11 is 0. The number of nitro groups is 1. The number of rotatable bonds is 4.